The topological polar surface area (TPSA) is 75.4 Å². The number of aliphatic carboxylic acids is 1. The first-order valence-electron chi connectivity index (χ1n) is 5.10. The van der Waals surface area contributed by atoms with Crippen molar-refractivity contribution in [1.82, 2.24) is 14.7 Å². The summed E-state index contributed by atoms with van der Waals surface area (Å²) in [6.45, 7) is 2.72. The number of carboxylic acids is 1. The Bertz CT molecular complexity index is 348. The predicted octanol–water partition coefficient (Wildman–Crippen LogP) is 0.206. The minimum absolute atomic E-state index is 0.0291. The molecular formula is C10H15N3O3. The van der Waals surface area contributed by atoms with E-state index in [4.69, 9.17) is 5.11 Å². The van der Waals surface area contributed by atoms with Crippen LogP contribution in [0.25, 0.3) is 0 Å². The van der Waals surface area contributed by atoms with Gasteiger partial charge in [0.1, 0.15) is 6.54 Å². The summed E-state index contributed by atoms with van der Waals surface area (Å²) in [6.07, 6.45) is 3.27. The summed E-state index contributed by atoms with van der Waals surface area (Å²) in [7, 11) is 0. The van der Waals surface area contributed by atoms with Crippen molar-refractivity contribution >= 4 is 11.9 Å². The van der Waals surface area contributed by atoms with Gasteiger partial charge in [-0.2, -0.15) is 5.10 Å². The molecule has 1 aromatic heterocycles. The van der Waals surface area contributed by atoms with Gasteiger partial charge in [0.05, 0.1) is 6.42 Å². The third kappa shape index (κ3) is 3.72. The van der Waals surface area contributed by atoms with Gasteiger partial charge in [-0.15, -0.1) is 0 Å². The molecule has 1 heterocycles. The van der Waals surface area contributed by atoms with Gasteiger partial charge in [-0.1, -0.05) is 0 Å². The molecule has 1 aromatic rings. The van der Waals surface area contributed by atoms with Gasteiger partial charge in [0, 0.05) is 25.5 Å². The van der Waals surface area contributed by atoms with Crippen LogP contribution in [-0.2, 0) is 16.1 Å². The van der Waals surface area contributed by atoms with E-state index in [-0.39, 0.29) is 25.4 Å². The number of carbonyl (C=O) groups excluding carboxylic acids is 1. The van der Waals surface area contributed by atoms with E-state index in [0.29, 0.717) is 6.54 Å². The molecule has 1 rings (SSSR count). The average molecular weight is 225 g/mol. The quantitative estimate of drug-likeness (QED) is 0.750. The molecule has 0 saturated carbocycles. The maximum Gasteiger partial charge on any atom is 0.305 e. The standard InChI is InChI=1S/C10H15N3O3/c1-2-12(7-4-10(15)16)9(14)8-13-6-3-5-11-13/h3,5-6H,2,4,7-8H2,1H3,(H,15,16). The fourth-order valence-electron chi connectivity index (χ4n) is 1.32. The van der Waals surface area contributed by atoms with E-state index in [0.717, 1.165) is 0 Å². The molecular weight excluding hydrogens is 210 g/mol. The summed E-state index contributed by atoms with van der Waals surface area (Å²) in [5.41, 5.74) is 0. The number of carbonyl (C=O) groups is 2. The van der Waals surface area contributed by atoms with E-state index in [1.54, 1.807) is 18.5 Å². The van der Waals surface area contributed by atoms with Crippen molar-refractivity contribution in [2.24, 2.45) is 0 Å². The summed E-state index contributed by atoms with van der Waals surface area (Å²) in [5, 5.41) is 12.5. The second-order valence-electron chi connectivity index (χ2n) is 3.32. The number of nitrogens with zero attached hydrogens (tertiary/aromatic N) is 3. The van der Waals surface area contributed by atoms with Crippen LogP contribution in [0, 0.1) is 0 Å². The number of aromatic nitrogens is 2. The van der Waals surface area contributed by atoms with Crippen molar-refractivity contribution in [2.75, 3.05) is 13.1 Å². The van der Waals surface area contributed by atoms with Crippen LogP contribution in [0.4, 0.5) is 0 Å². The third-order valence-electron chi connectivity index (χ3n) is 2.19. The Morgan fingerprint density at radius 3 is 2.75 bits per heavy atom. The fraction of sp³-hybridized carbons (Fsp3) is 0.500. The minimum atomic E-state index is -0.898. The Morgan fingerprint density at radius 2 is 2.25 bits per heavy atom. The van der Waals surface area contributed by atoms with Crippen LogP contribution in [0.2, 0.25) is 0 Å². The average Bonchev–Trinajstić information content (AvgIpc) is 2.71. The molecule has 0 aliphatic heterocycles. The number of hydrogen-bond donors (Lipinski definition) is 1. The molecule has 0 spiro atoms. The first-order chi connectivity index (χ1) is 7.63. The zero-order valence-corrected chi connectivity index (χ0v) is 9.17. The third-order valence-corrected chi connectivity index (χ3v) is 2.19. The van der Waals surface area contributed by atoms with Gasteiger partial charge in [0.15, 0.2) is 0 Å². The van der Waals surface area contributed by atoms with Crippen molar-refractivity contribution in [1.29, 1.82) is 0 Å². The van der Waals surface area contributed by atoms with Crippen LogP contribution >= 0.6 is 0 Å². The van der Waals surface area contributed by atoms with Crippen molar-refractivity contribution < 1.29 is 14.7 Å². The number of carboxylic acid groups (broad SMARTS) is 1. The molecule has 0 saturated heterocycles. The summed E-state index contributed by atoms with van der Waals surface area (Å²) < 4.78 is 1.52. The van der Waals surface area contributed by atoms with Crippen LogP contribution in [-0.4, -0.2) is 44.8 Å². The highest BCUT2D eigenvalue weighted by molar-refractivity contribution is 5.76. The molecule has 0 radical (unpaired) electrons. The van der Waals surface area contributed by atoms with Crippen LogP contribution in [0.5, 0.6) is 0 Å². The van der Waals surface area contributed by atoms with E-state index in [1.165, 1.54) is 9.58 Å². The van der Waals surface area contributed by atoms with Gasteiger partial charge in [0.25, 0.3) is 0 Å². The molecule has 6 heteroatoms. The maximum absolute atomic E-state index is 11.7. The highest BCUT2D eigenvalue weighted by Crippen LogP contribution is 1.96. The SMILES string of the molecule is CCN(CCC(=O)O)C(=O)Cn1cccn1. The van der Waals surface area contributed by atoms with Crippen LogP contribution in [0.15, 0.2) is 18.5 Å². The van der Waals surface area contributed by atoms with Gasteiger partial charge in [-0.05, 0) is 13.0 Å². The number of rotatable bonds is 6. The summed E-state index contributed by atoms with van der Waals surface area (Å²) in [4.78, 5) is 23.6. The molecule has 1 N–H and O–H groups in total. The first-order valence-corrected chi connectivity index (χ1v) is 5.10. The summed E-state index contributed by atoms with van der Waals surface area (Å²) in [5.74, 6) is -1.02. The van der Waals surface area contributed by atoms with E-state index in [9.17, 15) is 9.59 Å². The summed E-state index contributed by atoms with van der Waals surface area (Å²) in [6, 6.07) is 1.74. The smallest absolute Gasteiger partial charge is 0.305 e. The lowest BCUT2D eigenvalue weighted by atomic mass is 10.3. The Balaban J connectivity index is 2.46. The number of hydrogen-bond acceptors (Lipinski definition) is 3. The van der Waals surface area contributed by atoms with Crippen LogP contribution < -0.4 is 0 Å². The van der Waals surface area contributed by atoms with Gasteiger partial charge >= 0.3 is 5.97 Å². The second kappa shape index (κ2) is 5.89. The molecule has 16 heavy (non-hydrogen) atoms. The lowest BCUT2D eigenvalue weighted by Gasteiger charge is -2.19. The van der Waals surface area contributed by atoms with E-state index in [2.05, 4.69) is 5.10 Å². The maximum atomic E-state index is 11.7. The molecule has 0 bridgehead atoms. The molecule has 0 fully saturated rings. The van der Waals surface area contributed by atoms with E-state index in [1.807, 2.05) is 6.92 Å². The minimum Gasteiger partial charge on any atom is -0.481 e. The monoisotopic (exact) mass is 225 g/mol. The Kier molecular flexibility index (Phi) is 4.50. The van der Waals surface area contributed by atoms with Crippen molar-refractivity contribution in [3.8, 4) is 0 Å². The van der Waals surface area contributed by atoms with E-state index < -0.39 is 5.97 Å². The van der Waals surface area contributed by atoms with Crippen molar-refractivity contribution in [2.45, 2.75) is 19.9 Å². The van der Waals surface area contributed by atoms with Crippen LogP contribution in [0.3, 0.4) is 0 Å². The Morgan fingerprint density at radius 1 is 1.50 bits per heavy atom. The highest BCUT2D eigenvalue weighted by Gasteiger charge is 2.13. The molecule has 0 atom stereocenters. The summed E-state index contributed by atoms with van der Waals surface area (Å²) >= 11 is 0. The zero-order chi connectivity index (χ0) is 12.0. The second-order valence-corrected chi connectivity index (χ2v) is 3.32. The fourth-order valence-corrected chi connectivity index (χ4v) is 1.32. The molecule has 0 unspecified atom stereocenters. The van der Waals surface area contributed by atoms with Crippen molar-refractivity contribution in [3.05, 3.63) is 18.5 Å². The first kappa shape index (κ1) is 12.2. The van der Waals surface area contributed by atoms with Gasteiger partial charge in [-0.25, -0.2) is 0 Å². The molecule has 1 amide bonds. The van der Waals surface area contributed by atoms with Gasteiger partial charge in [-0.3, -0.25) is 14.3 Å². The number of likely N-dealkylation sites (N-methyl/N-ethyl adjacent to an activating group) is 1. The molecule has 0 aliphatic rings. The molecule has 6 nitrogen and oxygen atoms in total. The van der Waals surface area contributed by atoms with E-state index >= 15 is 0 Å². The lowest BCUT2D eigenvalue weighted by molar-refractivity contribution is -0.138. The highest BCUT2D eigenvalue weighted by atomic mass is 16.4. The molecule has 0 aromatic carbocycles. The van der Waals surface area contributed by atoms with Gasteiger partial charge in [0.2, 0.25) is 5.91 Å². The zero-order valence-electron chi connectivity index (χ0n) is 9.17. The normalized spacial score (nSPS) is 10.1. The van der Waals surface area contributed by atoms with Crippen LogP contribution in [0.1, 0.15) is 13.3 Å². The number of amides is 1. The molecule has 88 valence electrons. The largest absolute Gasteiger partial charge is 0.481 e. The Hall–Kier alpha value is -1.85. The van der Waals surface area contributed by atoms with Gasteiger partial charge < -0.3 is 10.0 Å². The Labute approximate surface area is 93.5 Å². The van der Waals surface area contributed by atoms with Crippen molar-refractivity contribution in [3.63, 3.8) is 0 Å². The predicted molar refractivity (Wildman–Crippen MR) is 56.7 cm³/mol. The lowest BCUT2D eigenvalue weighted by Crippen LogP contribution is -2.35. The molecule has 0 aliphatic carbocycles.